The second-order valence-electron chi connectivity index (χ2n) is 6.85. The lowest BCUT2D eigenvalue weighted by Gasteiger charge is -2.33. The van der Waals surface area contributed by atoms with Gasteiger partial charge in [0.05, 0.1) is 18.1 Å². The number of rotatable bonds is 5. The molecule has 2 amide bonds. The van der Waals surface area contributed by atoms with Gasteiger partial charge in [-0.2, -0.15) is 0 Å². The normalized spacial score (nSPS) is 17.0. The molecule has 0 spiro atoms. The van der Waals surface area contributed by atoms with E-state index in [1.54, 1.807) is 23.1 Å². The molecule has 146 valence electrons. The minimum atomic E-state index is -0.254. The van der Waals surface area contributed by atoms with Gasteiger partial charge >= 0.3 is 0 Å². The summed E-state index contributed by atoms with van der Waals surface area (Å²) in [6.07, 6.45) is 4.69. The smallest absolute Gasteiger partial charge is 0.286 e. The third kappa shape index (κ3) is 3.84. The van der Waals surface area contributed by atoms with E-state index in [1.165, 1.54) is 28.5 Å². The number of amides is 2. The Kier molecular flexibility index (Phi) is 5.25. The van der Waals surface area contributed by atoms with Crippen molar-refractivity contribution in [1.29, 1.82) is 0 Å². The molecule has 0 radical (unpaired) electrons. The summed E-state index contributed by atoms with van der Waals surface area (Å²) in [5, 5.41) is 4.67. The number of hydrogen-bond donors (Lipinski definition) is 1. The summed E-state index contributed by atoms with van der Waals surface area (Å²) in [6.45, 7) is 1.67. The number of likely N-dealkylation sites (tertiary alicyclic amines) is 1. The minimum Gasteiger partial charge on any atom is -0.459 e. The molecule has 3 aromatic rings. The van der Waals surface area contributed by atoms with Crippen molar-refractivity contribution in [1.82, 2.24) is 19.8 Å². The Balaban J connectivity index is 1.35. The van der Waals surface area contributed by atoms with Gasteiger partial charge in [-0.1, -0.05) is 0 Å². The molecular weight excluding hydrogens is 380 g/mol. The second-order valence-corrected chi connectivity index (χ2v) is 7.76. The number of carbonyl (C=O) groups is 2. The zero-order valence-electron chi connectivity index (χ0n) is 15.2. The predicted molar refractivity (Wildman–Crippen MR) is 104 cm³/mol. The van der Waals surface area contributed by atoms with E-state index in [0.29, 0.717) is 29.9 Å². The summed E-state index contributed by atoms with van der Waals surface area (Å²) in [5.41, 5.74) is 0.469. The Morgan fingerprint density at radius 2 is 2.25 bits per heavy atom. The van der Waals surface area contributed by atoms with Crippen molar-refractivity contribution in [2.75, 3.05) is 19.6 Å². The van der Waals surface area contributed by atoms with Gasteiger partial charge in [0.15, 0.2) is 5.76 Å². The van der Waals surface area contributed by atoms with Gasteiger partial charge < -0.3 is 14.6 Å². The zero-order chi connectivity index (χ0) is 19.5. The number of piperidine rings is 1. The second kappa shape index (κ2) is 7.97. The van der Waals surface area contributed by atoms with Gasteiger partial charge in [-0.05, 0) is 42.3 Å². The fourth-order valence-corrected chi connectivity index (χ4v) is 4.22. The van der Waals surface area contributed by atoms with Crippen LogP contribution in [-0.2, 0) is 11.3 Å². The molecule has 0 bridgehead atoms. The van der Waals surface area contributed by atoms with Crippen LogP contribution in [0.2, 0.25) is 0 Å². The quantitative estimate of drug-likeness (QED) is 0.703. The van der Waals surface area contributed by atoms with Crippen LogP contribution in [0, 0.1) is 5.92 Å². The largest absolute Gasteiger partial charge is 0.459 e. The lowest BCUT2D eigenvalue weighted by atomic mass is 9.98. The Morgan fingerprint density at radius 3 is 3.07 bits per heavy atom. The highest BCUT2D eigenvalue weighted by molar-refractivity contribution is 7.17. The topological polar surface area (TPSA) is 97.4 Å². The van der Waals surface area contributed by atoms with Crippen LogP contribution in [0.4, 0.5) is 0 Å². The van der Waals surface area contributed by atoms with Crippen molar-refractivity contribution < 1.29 is 14.0 Å². The van der Waals surface area contributed by atoms with Crippen LogP contribution in [0.5, 0.6) is 0 Å². The molecular formula is C19H20N4O4S. The number of hydrogen-bond acceptors (Lipinski definition) is 6. The highest BCUT2D eigenvalue weighted by Crippen LogP contribution is 2.17. The van der Waals surface area contributed by atoms with E-state index in [0.717, 1.165) is 12.8 Å². The average molecular weight is 400 g/mol. The molecule has 4 heterocycles. The molecule has 1 unspecified atom stereocenters. The van der Waals surface area contributed by atoms with Gasteiger partial charge in [0.1, 0.15) is 11.2 Å². The van der Waals surface area contributed by atoms with E-state index in [2.05, 4.69) is 10.3 Å². The Morgan fingerprint density at radius 1 is 1.36 bits per heavy atom. The van der Waals surface area contributed by atoms with Gasteiger partial charge in [-0.15, -0.1) is 11.3 Å². The molecule has 1 atom stereocenters. The highest BCUT2D eigenvalue weighted by Gasteiger charge is 2.25. The van der Waals surface area contributed by atoms with Crippen LogP contribution in [-0.4, -0.2) is 45.9 Å². The molecule has 1 fully saturated rings. The third-order valence-corrected chi connectivity index (χ3v) is 5.80. The van der Waals surface area contributed by atoms with E-state index in [1.807, 2.05) is 5.38 Å². The molecule has 1 N–H and O–H groups in total. The number of aromatic nitrogens is 2. The first kappa shape index (κ1) is 18.4. The van der Waals surface area contributed by atoms with Gasteiger partial charge in [0.2, 0.25) is 5.91 Å². The summed E-state index contributed by atoms with van der Waals surface area (Å²) in [5.74, 6) is 0.0861. The van der Waals surface area contributed by atoms with Gasteiger partial charge in [-0.3, -0.25) is 19.0 Å². The van der Waals surface area contributed by atoms with Crippen molar-refractivity contribution in [3.05, 3.63) is 52.3 Å². The lowest BCUT2D eigenvalue weighted by molar-refractivity contribution is -0.133. The number of thiophene rings is 1. The molecule has 0 aliphatic carbocycles. The number of carbonyl (C=O) groups excluding carboxylic acids is 2. The van der Waals surface area contributed by atoms with Crippen LogP contribution in [0.1, 0.15) is 23.4 Å². The summed E-state index contributed by atoms with van der Waals surface area (Å²) in [7, 11) is 0. The number of furan rings is 1. The molecule has 0 saturated carbocycles. The number of fused-ring (bicyclic) bond motifs is 1. The first-order chi connectivity index (χ1) is 13.6. The molecule has 9 heteroatoms. The molecule has 1 aliphatic heterocycles. The fraction of sp³-hybridized carbons (Fsp3) is 0.368. The van der Waals surface area contributed by atoms with Crippen molar-refractivity contribution in [3.8, 4) is 0 Å². The van der Waals surface area contributed by atoms with Crippen LogP contribution in [0.25, 0.3) is 10.2 Å². The first-order valence-electron chi connectivity index (χ1n) is 9.14. The molecule has 1 aliphatic rings. The van der Waals surface area contributed by atoms with Crippen LogP contribution < -0.4 is 10.9 Å². The maximum Gasteiger partial charge on any atom is 0.286 e. The van der Waals surface area contributed by atoms with Crippen molar-refractivity contribution in [3.63, 3.8) is 0 Å². The van der Waals surface area contributed by atoms with Gasteiger partial charge in [0.25, 0.3) is 11.5 Å². The van der Waals surface area contributed by atoms with Gasteiger partial charge in [-0.25, -0.2) is 4.98 Å². The minimum absolute atomic E-state index is 0.0227. The van der Waals surface area contributed by atoms with E-state index in [4.69, 9.17) is 4.42 Å². The molecule has 28 heavy (non-hydrogen) atoms. The standard InChI is InChI=1S/C19H20N4O4S/c24-16(11-23-12-21-14-5-8-28-17(14)19(23)26)22-6-1-3-13(10-22)9-20-18(25)15-4-2-7-27-15/h2,4-5,7-8,12-13H,1,3,6,9-11H2,(H,20,25). The fourth-order valence-electron chi connectivity index (χ4n) is 3.43. The maximum absolute atomic E-state index is 12.7. The monoisotopic (exact) mass is 400 g/mol. The summed E-state index contributed by atoms with van der Waals surface area (Å²) in [6, 6.07) is 5.07. The molecule has 1 saturated heterocycles. The number of nitrogens with zero attached hydrogens (tertiary/aromatic N) is 3. The Labute approximate surface area is 164 Å². The third-order valence-electron chi connectivity index (χ3n) is 4.91. The van der Waals surface area contributed by atoms with E-state index >= 15 is 0 Å². The van der Waals surface area contributed by atoms with E-state index in [9.17, 15) is 14.4 Å². The molecule has 3 aromatic heterocycles. The van der Waals surface area contributed by atoms with Crippen molar-refractivity contribution >= 4 is 33.4 Å². The maximum atomic E-state index is 12.7. The Hall–Kier alpha value is -2.94. The number of nitrogens with one attached hydrogen (secondary N) is 1. The SMILES string of the molecule is O=C(NCC1CCCN(C(=O)Cn2cnc3ccsc3c2=O)C1)c1ccco1. The van der Waals surface area contributed by atoms with Gasteiger partial charge in [0, 0.05) is 19.6 Å². The Bertz CT molecular complexity index is 1040. The van der Waals surface area contributed by atoms with E-state index in [-0.39, 0.29) is 35.6 Å². The van der Waals surface area contributed by atoms with Crippen LogP contribution in [0.15, 0.2) is 45.4 Å². The van der Waals surface area contributed by atoms with Crippen molar-refractivity contribution in [2.24, 2.45) is 5.92 Å². The molecule has 4 rings (SSSR count). The predicted octanol–water partition coefficient (Wildman–Crippen LogP) is 1.72. The zero-order valence-corrected chi connectivity index (χ0v) is 16.0. The average Bonchev–Trinajstić information content (AvgIpc) is 3.40. The summed E-state index contributed by atoms with van der Waals surface area (Å²) in [4.78, 5) is 43.2. The summed E-state index contributed by atoms with van der Waals surface area (Å²) >= 11 is 1.33. The van der Waals surface area contributed by atoms with E-state index < -0.39 is 0 Å². The molecule has 8 nitrogen and oxygen atoms in total. The van der Waals surface area contributed by atoms with Crippen molar-refractivity contribution in [2.45, 2.75) is 19.4 Å². The van der Waals surface area contributed by atoms with Crippen LogP contribution >= 0.6 is 11.3 Å². The summed E-state index contributed by atoms with van der Waals surface area (Å²) < 4.78 is 7.01. The van der Waals surface area contributed by atoms with Crippen LogP contribution in [0.3, 0.4) is 0 Å². The first-order valence-corrected chi connectivity index (χ1v) is 10.0. The lowest BCUT2D eigenvalue weighted by Crippen LogP contribution is -2.45. The molecule has 0 aromatic carbocycles. The highest BCUT2D eigenvalue weighted by atomic mass is 32.1.